The molecular weight excluding hydrogens is 591 g/mol. The van der Waals surface area contributed by atoms with Gasteiger partial charge in [0, 0.05) is 38.6 Å². The molecule has 0 aliphatic carbocycles. The number of hydrogen-bond donors (Lipinski definition) is 0. The van der Waals surface area contributed by atoms with Crippen molar-refractivity contribution in [3.8, 4) is 56.4 Å². The van der Waals surface area contributed by atoms with E-state index >= 15 is 0 Å². The monoisotopic (exact) mass is 613 g/mol. The maximum absolute atomic E-state index is 13.3. The van der Waals surface area contributed by atoms with E-state index in [1.54, 1.807) is 18.2 Å². The number of aromatic nitrogens is 3. The van der Waals surface area contributed by atoms with Crippen LogP contribution in [0.1, 0.15) is 0 Å². The quantitative estimate of drug-likeness (QED) is 0.197. The fourth-order valence-electron chi connectivity index (χ4n) is 6.22. The molecule has 0 radical (unpaired) electrons. The van der Waals surface area contributed by atoms with Crippen LogP contribution in [0.2, 0.25) is 0 Å². The van der Waals surface area contributed by atoms with Crippen LogP contribution in [-0.4, -0.2) is 23.4 Å². The molecule has 0 atom stereocenters. The van der Waals surface area contributed by atoms with Crippen LogP contribution >= 0.6 is 0 Å². The summed E-state index contributed by atoms with van der Waals surface area (Å²) in [5, 5.41) is 1.89. The molecule has 3 heterocycles. The van der Waals surface area contributed by atoms with Gasteiger partial charge in [0.25, 0.3) is 0 Å². The normalized spacial score (nSPS) is 13.1. The molecule has 1 aliphatic rings. The van der Waals surface area contributed by atoms with Crippen LogP contribution in [0.3, 0.4) is 0 Å². The Hall–Kier alpha value is -5.92. The molecule has 8 aromatic rings. The zero-order valence-corrected chi connectivity index (χ0v) is 25.1. The second-order valence-electron chi connectivity index (χ2n) is 11.3. The molecule has 0 bridgehead atoms. The largest absolute Gasteiger partial charge is 0.456 e. The summed E-state index contributed by atoms with van der Waals surface area (Å²) in [5.74, 6) is 1.74. The Morgan fingerprint density at radius 2 is 0.978 bits per heavy atom. The van der Waals surface area contributed by atoms with Crippen molar-refractivity contribution in [3.63, 3.8) is 0 Å². The van der Waals surface area contributed by atoms with E-state index in [4.69, 9.17) is 19.4 Å². The molecule has 6 aromatic carbocycles. The fourth-order valence-corrected chi connectivity index (χ4v) is 7.93. The standard InChI is InChI=1S/C39H23N3O3S/c43-46(44)35-14-8-7-13-30(35)31-19-15-27(23-36(31)46)26-17-20-33-32(21-26)29-18-16-28(22-34(29)45-33)39-41-37(24-9-3-1-4-10-24)40-38(42-39)25-11-5-2-6-12-25/h1-23H. The number of fused-ring (bicyclic) bond motifs is 6. The maximum Gasteiger partial charge on any atom is 0.207 e. The molecule has 6 nitrogen and oxygen atoms in total. The Balaban J connectivity index is 1.14. The Kier molecular flexibility index (Phi) is 5.79. The summed E-state index contributed by atoms with van der Waals surface area (Å²) >= 11 is 0. The molecule has 7 heteroatoms. The van der Waals surface area contributed by atoms with Gasteiger partial charge in [-0.15, -0.1) is 0 Å². The zero-order valence-electron chi connectivity index (χ0n) is 24.3. The number of nitrogens with zero attached hydrogens (tertiary/aromatic N) is 3. The summed E-state index contributed by atoms with van der Waals surface area (Å²) in [7, 11) is -3.57. The molecule has 0 saturated carbocycles. The average molecular weight is 614 g/mol. The second kappa shape index (κ2) is 10.1. The molecule has 0 unspecified atom stereocenters. The molecule has 0 saturated heterocycles. The summed E-state index contributed by atoms with van der Waals surface area (Å²) < 4.78 is 33.0. The van der Waals surface area contributed by atoms with Crippen molar-refractivity contribution in [3.05, 3.63) is 140 Å². The van der Waals surface area contributed by atoms with E-state index in [9.17, 15) is 8.42 Å². The van der Waals surface area contributed by atoms with Gasteiger partial charge in [-0.3, -0.25) is 0 Å². The SMILES string of the molecule is O=S1(=O)c2ccccc2-c2ccc(-c3ccc4oc5cc(-c6nc(-c7ccccc7)nc(-c7ccccc7)n6)ccc5c4c3)cc21. The van der Waals surface area contributed by atoms with E-state index in [2.05, 4.69) is 6.07 Å². The highest BCUT2D eigenvalue weighted by Crippen LogP contribution is 2.45. The number of rotatable bonds is 4. The molecule has 9 rings (SSSR count). The predicted molar refractivity (Wildman–Crippen MR) is 180 cm³/mol. The van der Waals surface area contributed by atoms with E-state index in [0.29, 0.717) is 32.8 Å². The van der Waals surface area contributed by atoms with E-state index in [-0.39, 0.29) is 0 Å². The van der Waals surface area contributed by atoms with Crippen molar-refractivity contribution in [2.75, 3.05) is 0 Å². The van der Waals surface area contributed by atoms with Crippen LogP contribution in [0, 0.1) is 0 Å². The number of sulfone groups is 1. The van der Waals surface area contributed by atoms with E-state index in [1.807, 2.05) is 115 Å². The summed E-state index contributed by atoms with van der Waals surface area (Å²) in [6.45, 7) is 0. The van der Waals surface area contributed by atoms with Gasteiger partial charge in [-0.05, 0) is 47.5 Å². The summed E-state index contributed by atoms with van der Waals surface area (Å²) in [4.78, 5) is 15.2. The summed E-state index contributed by atoms with van der Waals surface area (Å²) in [6, 6.07) is 44.5. The van der Waals surface area contributed by atoms with Gasteiger partial charge < -0.3 is 4.42 Å². The van der Waals surface area contributed by atoms with Crippen LogP contribution in [-0.2, 0) is 9.84 Å². The molecule has 218 valence electrons. The Bertz CT molecular complexity index is 2540. The maximum atomic E-state index is 13.3. The van der Waals surface area contributed by atoms with Gasteiger partial charge in [0.15, 0.2) is 17.5 Å². The lowest BCUT2D eigenvalue weighted by atomic mass is 9.99. The fraction of sp³-hybridized carbons (Fsp3) is 0. The van der Waals surface area contributed by atoms with Crippen molar-refractivity contribution in [2.24, 2.45) is 0 Å². The first-order chi connectivity index (χ1) is 22.5. The van der Waals surface area contributed by atoms with Crippen molar-refractivity contribution < 1.29 is 12.8 Å². The molecule has 0 fully saturated rings. The van der Waals surface area contributed by atoms with Crippen LogP contribution < -0.4 is 0 Å². The van der Waals surface area contributed by atoms with E-state index in [1.165, 1.54) is 0 Å². The van der Waals surface area contributed by atoms with Gasteiger partial charge in [-0.2, -0.15) is 0 Å². The predicted octanol–water partition coefficient (Wildman–Crippen LogP) is 9.25. The summed E-state index contributed by atoms with van der Waals surface area (Å²) in [6.07, 6.45) is 0. The summed E-state index contributed by atoms with van der Waals surface area (Å²) in [5.41, 5.74) is 7.30. The highest BCUT2D eigenvalue weighted by atomic mass is 32.2. The lowest BCUT2D eigenvalue weighted by Crippen LogP contribution is -2.00. The molecular formula is C39H23N3O3S. The first-order valence-electron chi connectivity index (χ1n) is 14.9. The minimum Gasteiger partial charge on any atom is -0.456 e. The van der Waals surface area contributed by atoms with E-state index in [0.717, 1.165) is 55.3 Å². The lowest BCUT2D eigenvalue weighted by molar-refractivity contribution is 0.598. The second-order valence-corrected chi connectivity index (χ2v) is 13.2. The zero-order chi connectivity index (χ0) is 30.8. The van der Waals surface area contributed by atoms with Gasteiger partial charge in [0.05, 0.1) is 9.79 Å². The third kappa shape index (κ3) is 4.17. The van der Waals surface area contributed by atoms with Crippen molar-refractivity contribution in [1.29, 1.82) is 0 Å². The molecule has 46 heavy (non-hydrogen) atoms. The molecule has 0 amide bonds. The number of hydrogen-bond acceptors (Lipinski definition) is 6. The highest BCUT2D eigenvalue weighted by Gasteiger charge is 2.32. The Labute approximate surface area is 264 Å². The Morgan fingerprint density at radius 1 is 0.413 bits per heavy atom. The molecule has 1 aliphatic heterocycles. The highest BCUT2D eigenvalue weighted by molar-refractivity contribution is 7.92. The van der Waals surface area contributed by atoms with Gasteiger partial charge in [-0.1, -0.05) is 103 Å². The van der Waals surface area contributed by atoms with Gasteiger partial charge in [0.2, 0.25) is 9.84 Å². The minimum atomic E-state index is -3.57. The van der Waals surface area contributed by atoms with Gasteiger partial charge in [-0.25, -0.2) is 23.4 Å². The van der Waals surface area contributed by atoms with Crippen molar-refractivity contribution in [1.82, 2.24) is 15.0 Å². The van der Waals surface area contributed by atoms with Crippen molar-refractivity contribution in [2.45, 2.75) is 9.79 Å². The van der Waals surface area contributed by atoms with Gasteiger partial charge >= 0.3 is 0 Å². The smallest absolute Gasteiger partial charge is 0.207 e. The first kappa shape index (κ1) is 26.5. The molecule has 0 spiro atoms. The molecule has 0 N–H and O–H groups in total. The average Bonchev–Trinajstić information content (AvgIpc) is 3.59. The van der Waals surface area contributed by atoms with Gasteiger partial charge in [0.1, 0.15) is 11.2 Å². The first-order valence-corrected chi connectivity index (χ1v) is 16.3. The van der Waals surface area contributed by atoms with E-state index < -0.39 is 9.84 Å². The van der Waals surface area contributed by atoms with Crippen LogP contribution in [0.4, 0.5) is 0 Å². The topological polar surface area (TPSA) is 86.0 Å². The van der Waals surface area contributed by atoms with Crippen LogP contribution in [0.15, 0.2) is 154 Å². The Morgan fingerprint density at radius 3 is 1.70 bits per heavy atom. The molecule has 2 aromatic heterocycles. The third-order valence-electron chi connectivity index (χ3n) is 8.50. The number of furan rings is 1. The van der Waals surface area contributed by atoms with Crippen LogP contribution in [0.5, 0.6) is 0 Å². The third-order valence-corrected chi connectivity index (χ3v) is 10.4. The van der Waals surface area contributed by atoms with Crippen LogP contribution in [0.25, 0.3) is 78.4 Å². The lowest BCUT2D eigenvalue weighted by Gasteiger charge is -2.08. The minimum absolute atomic E-state index is 0.343. The van der Waals surface area contributed by atoms with Crippen molar-refractivity contribution >= 4 is 31.8 Å². The number of benzene rings is 6.